The first-order valence-corrected chi connectivity index (χ1v) is 13.4. The van der Waals surface area contributed by atoms with E-state index in [1.54, 1.807) is 12.1 Å². The van der Waals surface area contributed by atoms with Crippen LogP contribution >= 0.6 is 0 Å². The summed E-state index contributed by atoms with van der Waals surface area (Å²) in [5.74, 6) is 0.782. The van der Waals surface area contributed by atoms with Crippen LogP contribution in [0, 0.1) is 11.8 Å². The molecule has 1 atom stereocenters. The van der Waals surface area contributed by atoms with Crippen LogP contribution < -0.4 is 15.4 Å². The summed E-state index contributed by atoms with van der Waals surface area (Å²) in [6, 6.07) is 6.01. The average Bonchev–Trinajstić information content (AvgIpc) is 3.06. The van der Waals surface area contributed by atoms with E-state index in [0.29, 0.717) is 24.2 Å². The monoisotopic (exact) mass is 486 g/mol. The molecule has 8 nitrogen and oxygen atoms in total. The van der Waals surface area contributed by atoms with E-state index in [0.717, 1.165) is 32.1 Å². The van der Waals surface area contributed by atoms with Crippen LogP contribution in [0.25, 0.3) is 0 Å². The van der Waals surface area contributed by atoms with Crippen molar-refractivity contribution in [2.45, 2.75) is 81.4 Å². The van der Waals surface area contributed by atoms with Crippen LogP contribution in [0.5, 0.6) is 5.88 Å². The van der Waals surface area contributed by atoms with Crippen molar-refractivity contribution in [1.29, 1.82) is 0 Å². The number of sulfone groups is 1. The minimum atomic E-state index is -4.15. The molecule has 2 aromatic rings. The van der Waals surface area contributed by atoms with E-state index in [9.17, 15) is 13.2 Å². The molecule has 0 radical (unpaired) electrons. The number of carbonyl (C=O) groups excluding carboxylic acids is 1. The molecular formula is C25H34N4O4S. The number of hydrogen-bond acceptors (Lipinski definition) is 7. The molecule has 0 aromatic carbocycles. The van der Waals surface area contributed by atoms with Crippen molar-refractivity contribution in [1.82, 2.24) is 9.97 Å². The summed E-state index contributed by atoms with van der Waals surface area (Å²) < 4.78 is 33.3. The number of rotatable bonds is 6. The van der Waals surface area contributed by atoms with E-state index in [-0.39, 0.29) is 33.0 Å². The zero-order valence-corrected chi connectivity index (χ0v) is 21.1. The quantitative estimate of drug-likeness (QED) is 0.656. The zero-order chi connectivity index (χ0) is 24.7. The molecule has 1 saturated carbocycles. The molecular weight excluding hydrogens is 452 g/mol. The number of pyridine rings is 2. The number of nitrogens with two attached hydrogens (primary N) is 1. The van der Waals surface area contributed by atoms with Gasteiger partial charge in [-0.15, -0.1) is 0 Å². The van der Waals surface area contributed by atoms with Gasteiger partial charge in [-0.05, 0) is 69.9 Å². The van der Waals surface area contributed by atoms with Gasteiger partial charge < -0.3 is 15.4 Å². The lowest BCUT2D eigenvalue weighted by atomic mass is 9.89. The predicted molar refractivity (Wildman–Crippen MR) is 130 cm³/mol. The third-order valence-corrected chi connectivity index (χ3v) is 8.68. The SMILES string of the molecule is CC1CCC(Oc2cccc(S(=O)(=O)c3ccnc(N4CC(C)CC4(C)C)c3C(N)=O)n2)CC1. The van der Waals surface area contributed by atoms with Crippen molar-refractivity contribution < 1.29 is 17.9 Å². The average molecular weight is 487 g/mol. The summed E-state index contributed by atoms with van der Waals surface area (Å²) in [6.45, 7) is 9.11. The minimum Gasteiger partial charge on any atom is -0.474 e. The summed E-state index contributed by atoms with van der Waals surface area (Å²) in [7, 11) is -4.15. The second-order valence-corrected chi connectivity index (χ2v) is 12.3. The van der Waals surface area contributed by atoms with Gasteiger partial charge in [0.05, 0.1) is 4.90 Å². The van der Waals surface area contributed by atoms with Crippen LogP contribution in [0.15, 0.2) is 40.4 Å². The van der Waals surface area contributed by atoms with Crippen LogP contribution in [-0.4, -0.2) is 42.5 Å². The zero-order valence-electron chi connectivity index (χ0n) is 20.3. The maximum absolute atomic E-state index is 13.7. The highest BCUT2D eigenvalue weighted by atomic mass is 32.2. The first-order valence-electron chi connectivity index (χ1n) is 11.9. The van der Waals surface area contributed by atoms with Crippen LogP contribution in [0.3, 0.4) is 0 Å². The summed E-state index contributed by atoms with van der Waals surface area (Å²) >= 11 is 0. The van der Waals surface area contributed by atoms with Crippen molar-refractivity contribution >= 4 is 21.6 Å². The van der Waals surface area contributed by atoms with E-state index in [1.807, 2.05) is 4.90 Å². The molecule has 1 aliphatic carbocycles. The second kappa shape index (κ2) is 9.17. The fourth-order valence-electron chi connectivity index (χ4n) is 5.30. The molecule has 1 amide bonds. The Kier molecular flexibility index (Phi) is 6.59. The topological polar surface area (TPSA) is 115 Å². The Labute approximate surface area is 201 Å². The lowest BCUT2D eigenvalue weighted by Gasteiger charge is -2.33. The van der Waals surface area contributed by atoms with Gasteiger partial charge in [-0.2, -0.15) is 0 Å². The molecule has 0 bridgehead atoms. The molecule has 0 spiro atoms. The number of carbonyl (C=O) groups is 1. The lowest BCUT2D eigenvalue weighted by molar-refractivity contribution is 0.0997. The molecule has 2 aliphatic rings. The highest BCUT2D eigenvalue weighted by molar-refractivity contribution is 7.91. The Morgan fingerprint density at radius 3 is 2.44 bits per heavy atom. The third-order valence-electron chi connectivity index (χ3n) is 6.98. The normalized spacial score (nSPS) is 24.7. The van der Waals surface area contributed by atoms with Crippen molar-refractivity contribution in [3.8, 4) is 5.88 Å². The van der Waals surface area contributed by atoms with Crippen molar-refractivity contribution in [2.24, 2.45) is 17.6 Å². The highest BCUT2D eigenvalue weighted by Gasteiger charge is 2.40. The van der Waals surface area contributed by atoms with Crippen LogP contribution in [0.2, 0.25) is 0 Å². The predicted octanol–water partition coefficient (Wildman–Crippen LogP) is 3.99. The van der Waals surface area contributed by atoms with Crippen LogP contribution in [-0.2, 0) is 9.84 Å². The first kappa shape index (κ1) is 24.4. The maximum atomic E-state index is 13.7. The van der Waals surface area contributed by atoms with E-state index in [4.69, 9.17) is 10.5 Å². The smallest absolute Gasteiger partial charge is 0.253 e. The van der Waals surface area contributed by atoms with Gasteiger partial charge in [0.2, 0.25) is 15.7 Å². The Hall–Kier alpha value is -2.68. The fourth-order valence-corrected chi connectivity index (χ4v) is 6.69. The van der Waals surface area contributed by atoms with Crippen molar-refractivity contribution in [3.63, 3.8) is 0 Å². The molecule has 2 N–H and O–H groups in total. The highest BCUT2D eigenvalue weighted by Crippen LogP contribution is 2.39. The number of ether oxygens (including phenoxy) is 1. The van der Waals surface area contributed by atoms with Gasteiger partial charge in [0, 0.05) is 24.3 Å². The Balaban J connectivity index is 1.71. The van der Waals surface area contributed by atoms with Gasteiger partial charge in [0.15, 0.2) is 5.03 Å². The summed E-state index contributed by atoms with van der Waals surface area (Å²) in [5, 5.41) is -0.178. The summed E-state index contributed by atoms with van der Waals surface area (Å²) in [5.41, 5.74) is 5.34. The van der Waals surface area contributed by atoms with E-state index < -0.39 is 15.7 Å². The third kappa shape index (κ3) is 4.76. The number of anilines is 1. The number of primary amides is 1. The van der Waals surface area contributed by atoms with Gasteiger partial charge in [-0.3, -0.25) is 4.79 Å². The number of nitrogens with zero attached hydrogens (tertiary/aromatic N) is 3. The molecule has 3 heterocycles. The number of amides is 1. The molecule has 1 saturated heterocycles. The van der Waals surface area contributed by atoms with Gasteiger partial charge in [0.25, 0.3) is 5.91 Å². The molecule has 1 aliphatic heterocycles. The fraction of sp³-hybridized carbons (Fsp3) is 0.560. The van der Waals surface area contributed by atoms with Gasteiger partial charge in [0.1, 0.15) is 17.5 Å². The number of aromatic nitrogens is 2. The maximum Gasteiger partial charge on any atom is 0.253 e. The van der Waals surface area contributed by atoms with Crippen molar-refractivity contribution in [2.75, 3.05) is 11.4 Å². The van der Waals surface area contributed by atoms with Crippen LogP contribution in [0.4, 0.5) is 5.82 Å². The van der Waals surface area contributed by atoms with E-state index in [1.165, 1.54) is 18.3 Å². The van der Waals surface area contributed by atoms with Gasteiger partial charge in [-0.1, -0.05) is 19.9 Å². The summed E-state index contributed by atoms with van der Waals surface area (Å²) in [4.78, 5) is 23.1. The van der Waals surface area contributed by atoms with Crippen molar-refractivity contribution in [3.05, 3.63) is 36.0 Å². The van der Waals surface area contributed by atoms with Crippen LogP contribution in [0.1, 0.15) is 70.2 Å². The van der Waals surface area contributed by atoms with Gasteiger partial charge in [-0.25, -0.2) is 18.4 Å². The standard InChI is InChI=1S/C25H34N4O4S/c1-16-8-10-18(11-9-16)33-20-6-5-7-21(28-20)34(31,32)19-12-13-27-24(22(19)23(26)30)29-15-17(2)14-25(29,3)4/h5-7,12-13,16-18H,8-11,14-15H2,1-4H3,(H2,26,30). The molecule has 2 aromatic heterocycles. The molecule has 34 heavy (non-hydrogen) atoms. The Bertz CT molecular complexity index is 1170. The molecule has 9 heteroatoms. The molecule has 4 rings (SSSR count). The molecule has 1 unspecified atom stereocenters. The van der Waals surface area contributed by atoms with E-state index in [2.05, 4.69) is 37.7 Å². The first-order chi connectivity index (χ1) is 16.0. The lowest BCUT2D eigenvalue weighted by Crippen LogP contribution is -2.40. The Morgan fingerprint density at radius 2 is 1.82 bits per heavy atom. The number of hydrogen-bond donors (Lipinski definition) is 1. The summed E-state index contributed by atoms with van der Waals surface area (Å²) in [6.07, 6.45) is 6.33. The van der Waals surface area contributed by atoms with Gasteiger partial charge >= 0.3 is 0 Å². The molecule has 184 valence electrons. The largest absolute Gasteiger partial charge is 0.474 e. The molecule has 2 fully saturated rings. The second-order valence-electron chi connectivity index (χ2n) is 10.4. The minimum absolute atomic E-state index is 0.0229. The Morgan fingerprint density at radius 1 is 1.12 bits per heavy atom. The van der Waals surface area contributed by atoms with E-state index >= 15 is 0 Å².